The van der Waals surface area contributed by atoms with Gasteiger partial charge in [-0.15, -0.1) is 0 Å². The van der Waals surface area contributed by atoms with Gasteiger partial charge in [-0.1, -0.05) is 6.07 Å². The minimum Gasteiger partial charge on any atom is -0.481 e. The number of carbonyl (C=O) groups excluding carboxylic acids is 1. The Morgan fingerprint density at radius 2 is 2.19 bits per heavy atom. The highest BCUT2D eigenvalue weighted by atomic mass is 16.7. The van der Waals surface area contributed by atoms with Gasteiger partial charge in [-0.3, -0.25) is 9.69 Å². The molecule has 1 atom stereocenters. The van der Waals surface area contributed by atoms with E-state index in [2.05, 4.69) is 15.2 Å². The fourth-order valence-corrected chi connectivity index (χ4v) is 3.28. The first kappa shape index (κ1) is 16.7. The molecule has 0 bridgehead atoms. The Bertz CT molecular complexity index is 794. The summed E-state index contributed by atoms with van der Waals surface area (Å²) < 4.78 is 15.7. The smallest absolute Gasteiger partial charge is 0.251 e. The molecule has 2 aliphatic rings. The Morgan fingerprint density at radius 3 is 3.00 bits per heavy atom. The lowest BCUT2D eigenvalue weighted by atomic mass is 10.1. The maximum Gasteiger partial charge on any atom is 0.251 e. The van der Waals surface area contributed by atoms with E-state index in [0.29, 0.717) is 22.9 Å². The summed E-state index contributed by atoms with van der Waals surface area (Å²) in [7, 11) is 1.61. The molecule has 0 spiro atoms. The zero-order chi connectivity index (χ0) is 17.9. The average Bonchev–Trinajstić information content (AvgIpc) is 3.31. The Hall–Kier alpha value is -2.80. The van der Waals surface area contributed by atoms with E-state index in [-0.39, 0.29) is 18.7 Å². The zero-order valence-corrected chi connectivity index (χ0v) is 14.6. The van der Waals surface area contributed by atoms with Crippen LogP contribution >= 0.6 is 0 Å². The van der Waals surface area contributed by atoms with Crippen molar-refractivity contribution in [2.24, 2.45) is 0 Å². The van der Waals surface area contributed by atoms with E-state index in [9.17, 15) is 4.79 Å². The van der Waals surface area contributed by atoms with Crippen molar-refractivity contribution in [3.8, 4) is 17.4 Å². The van der Waals surface area contributed by atoms with Gasteiger partial charge in [-0.2, -0.15) is 0 Å². The third-order valence-corrected chi connectivity index (χ3v) is 4.66. The molecule has 0 unspecified atom stereocenters. The molecule has 26 heavy (non-hydrogen) atoms. The van der Waals surface area contributed by atoms with Crippen molar-refractivity contribution in [1.82, 2.24) is 15.2 Å². The number of nitrogens with zero attached hydrogens (tertiary/aromatic N) is 2. The summed E-state index contributed by atoms with van der Waals surface area (Å²) in [6.45, 7) is 2.78. The van der Waals surface area contributed by atoms with Crippen molar-refractivity contribution < 1.29 is 19.0 Å². The number of benzene rings is 1. The molecule has 4 rings (SSSR count). The number of rotatable bonds is 5. The molecular formula is C19H21N3O4. The van der Waals surface area contributed by atoms with Crippen LogP contribution in [0.4, 0.5) is 0 Å². The van der Waals surface area contributed by atoms with Crippen LogP contribution in [0.5, 0.6) is 17.4 Å². The highest BCUT2D eigenvalue weighted by Crippen LogP contribution is 2.32. The fourth-order valence-electron chi connectivity index (χ4n) is 3.28. The number of pyridine rings is 1. The first-order chi connectivity index (χ1) is 12.7. The van der Waals surface area contributed by atoms with Crippen LogP contribution in [0, 0.1) is 0 Å². The topological polar surface area (TPSA) is 72.9 Å². The number of fused-ring (bicyclic) bond motifs is 1. The number of methoxy groups -OCH3 is 1. The zero-order valence-electron chi connectivity index (χ0n) is 14.6. The Balaban J connectivity index is 1.31. The van der Waals surface area contributed by atoms with E-state index in [0.717, 1.165) is 31.6 Å². The predicted octanol–water partition coefficient (Wildman–Crippen LogP) is 1.82. The molecule has 1 saturated heterocycles. The molecule has 7 nitrogen and oxygen atoms in total. The van der Waals surface area contributed by atoms with Crippen molar-refractivity contribution in [3.05, 3.63) is 47.7 Å². The summed E-state index contributed by atoms with van der Waals surface area (Å²) in [6.07, 6.45) is 2.76. The van der Waals surface area contributed by atoms with Crippen LogP contribution in [-0.2, 0) is 6.54 Å². The summed E-state index contributed by atoms with van der Waals surface area (Å²) in [4.78, 5) is 19.0. The van der Waals surface area contributed by atoms with Crippen LogP contribution in [0.3, 0.4) is 0 Å². The number of likely N-dealkylation sites (tertiary alicyclic amines) is 1. The molecule has 3 heterocycles. The number of aromatic nitrogens is 1. The highest BCUT2D eigenvalue weighted by Gasteiger charge is 2.25. The third kappa shape index (κ3) is 3.57. The molecule has 1 fully saturated rings. The van der Waals surface area contributed by atoms with E-state index >= 15 is 0 Å². The van der Waals surface area contributed by atoms with Crippen molar-refractivity contribution in [1.29, 1.82) is 0 Å². The molecular weight excluding hydrogens is 334 g/mol. The fraction of sp³-hybridized carbons (Fsp3) is 0.368. The monoisotopic (exact) mass is 355 g/mol. The molecule has 0 radical (unpaired) electrons. The highest BCUT2D eigenvalue weighted by molar-refractivity contribution is 5.95. The van der Waals surface area contributed by atoms with Crippen LogP contribution in [-0.4, -0.2) is 48.8 Å². The summed E-state index contributed by atoms with van der Waals surface area (Å²) in [5, 5.41) is 3.11. The number of hydrogen-bond acceptors (Lipinski definition) is 6. The second kappa shape index (κ2) is 7.21. The average molecular weight is 355 g/mol. The van der Waals surface area contributed by atoms with E-state index in [1.54, 1.807) is 25.3 Å². The van der Waals surface area contributed by atoms with E-state index in [1.165, 1.54) is 0 Å². The molecule has 1 aromatic heterocycles. The Labute approximate surface area is 151 Å². The normalized spacial score (nSPS) is 18.7. The molecule has 1 N–H and O–H groups in total. The number of ether oxygens (including phenoxy) is 3. The van der Waals surface area contributed by atoms with Gasteiger partial charge in [0.2, 0.25) is 12.7 Å². The Kier molecular flexibility index (Phi) is 4.62. The maximum atomic E-state index is 12.5. The summed E-state index contributed by atoms with van der Waals surface area (Å²) in [5.41, 5.74) is 1.72. The molecule has 2 aromatic rings. The van der Waals surface area contributed by atoms with E-state index in [1.807, 2.05) is 18.3 Å². The molecule has 0 saturated carbocycles. The van der Waals surface area contributed by atoms with Crippen molar-refractivity contribution in [2.45, 2.75) is 19.0 Å². The molecule has 7 heteroatoms. The number of nitrogens with one attached hydrogen (secondary N) is 1. The second-order valence-corrected chi connectivity index (χ2v) is 6.47. The SMILES string of the molecule is COc1ccc(CN2CC[C@H](NC(=O)c3ccc4c(c3)OCO4)C2)cn1. The standard InChI is InChI=1S/C19H21N3O4/c1-24-18-5-2-13(9-20-18)10-22-7-6-15(11-22)21-19(23)14-3-4-16-17(8-14)26-12-25-16/h2-5,8-9,15H,6-7,10-12H2,1H3,(H,21,23)/t15-/m0/s1. The van der Waals surface area contributed by atoms with Crippen molar-refractivity contribution in [2.75, 3.05) is 27.0 Å². The number of hydrogen-bond donors (Lipinski definition) is 1. The number of carbonyl (C=O) groups is 1. The van der Waals surface area contributed by atoms with Crippen LogP contribution < -0.4 is 19.5 Å². The van der Waals surface area contributed by atoms with Gasteiger partial charge in [-0.05, 0) is 30.2 Å². The number of amides is 1. The Morgan fingerprint density at radius 1 is 1.31 bits per heavy atom. The quantitative estimate of drug-likeness (QED) is 0.882. The largest absolute Gasteiger partial charge is 0.481 e. The van der Waals surface area contributed by atoms with Gasteiger partial charge >= 0.3 is 0 Å². The van der Waals surface area contributed by atoms with Crippen molar-refractivity contribution in [3.63, 3.8) is 0 Å². The lowest BCUT2D eigenvalue weighted by Gasteiger charge is -2.17. The van der Waals surface area contributed by atoms with Crippen LogP contribution in [0.25, 0.3) is 0 Å². The molecule has 2 aliphatic heterocycles. The molecule has 1 amide bonds. The minimum atomic E-state index is -0.0822. The molecule has 0 aliphatic carbocycles. The lowest BCUT2D eigenvalue weighted by Crippen LogP contribution is -2.36. The van der Waals surface area contributed by atoms with Gasteiger partial charge < -0.3 is 19.5 Å². The lowest BCUT2D eigenvalue weighted by molar-refractivity contribution is 0.0937. The van der Waals surface area contributed by atoms with Gasteiger partial charge in [0.25, 0.3) is 5.91 Å². The summed E-state index contributed by atoms with van der Waals surface area (Å²) >= 11 is 0. The molecule has 1 aromatic carbocycles. The van der Waals surface area contributed by atoms with Crippen LogP contribution in [0.15, 0.2) is 36.5 Å². The van der Waals surface area contributed by atoms with E-state index in [4.69, 9.17) is 14.2 Å². The first-order valence-electron chi connectivity index (χ1n) is 8.63. The minimum absolute atomic E-state index is 0.0822. The first-order valence-corrected chi connectivity index (χ1v) is 8.63. The van der Waals surface area contributed by atoms with Gasteiger partial charge in [0.05, 0.1) is 7.11 Å². The summed E-state index contributed by atoms with van der Waals surface area (Å²) in [5.74, 6) is 1.84. The van der Waals surface area contributed by atoms with E-state index < -0.39 is 0 Å². The van der Waals surface area contributed by atoms with Gasteiger partial charge in [0, 0.05) is 43.5 Å². The maximum absolute atomic E-state index is 12.5. The van der Waals surface area contributed by atoms with Gasteiger partial charge in [-0.25, -0.2) is 4.98 Å². The summed E-state index contributed by atoms with van der Waals surface area (Å²) in [6, 6.07) is 9.29. The third-order valence-electron chi connectivity index (χ3n) is 4.66. The van der Waals surface area contributed by atoms with Crippen LogP contribution in [0.1, 0.15) is 22.3 Å². The second-order valence-electron chi connectivity index (χ2n) is 6.47. The van der Waals surface area contributed by atoms with Crippen LogP contribution in [0.2, 0.25) is 0 Å². The van der Waals surface area contributed by atoms with Gasteiger partial charge in [0.15, 0.2) is 11.5 Å². The van der Waals surface area contributed by atoms with Crippen molar-refractivity contribution >= 4 is 5.91 Å². The van der Waals surface area contributed by atoms with Gasteiger partial charge in [0.1, 0.15) is 0 Å². The predicted molar refractivity (Wildman–Crippen MR) is 94.5 cm³/mol. The molecule has 136 valence electrons.